The van der Waals surface area contributed by atoms with E-state index < -0.39 is 23.1 Å². The molecule has 1 aliphatic carbocycles. The van der Waals surface area contributed by atoms with Gasteiger partial charge in [0.1, 0.15) is 5.75 Å². The summed E-state index contributed by atoms with van der Waals surface area (Å²) in [4.78, 5) is 25.4. The molecule has 4 N–H and O–H groups in total. The molecule has 0 bridgehead atoms. The molecule has 0 aromatic heterocycles. The van der Waals surface area contributed by atoms with Crippen molar-refractivity contribution < 1.29 is 27.8 Å². The number of benzene rings is 2. The zero-order valence-corrected chi connectivity index (χ0v) is 18.5. The van der Waals surface area contributed by atoms with Crippen molar-refractivity contribution in [2.45, 2.75) is 25.8 Å². The van der Waals surface area contributed by atoms with Crippen molar-refractivity contribution in [3.05, 3.63) is 65.4 Å². The van der Waals surface area contributed by atoms with E-state index in [1.54, 1.807) is 14.0 Å². The molecule has 0 heterocycles. The summed E-state index contributed by atoms with van der Waals surface area (Å²) in [6.45, 7) is 1.96. The molecule has 1 aliphatic rings. The van der Waals surface area contributed by atoms with Gasteiger partial charge in [-0.25, -0.2) is 9.00 Å². The van der Waals surface area contributed by atoms with Crippen LogP contribution in [-0.4, -0.2) is 40.4 Å². The van der Waals surface area contributed by atoms with Crippen LogP contribution >= 0.6 is 0 Å². The van der Waals surface area contributed by atoms with Crippen molar-refractivity contribution in [1.29, 1.82) is 0 Å². The van der Waals surface area contributed by atoms with Crippen molar-refractivity contribution >= 4 is 34.5 Å². The van der Waals surface area contributed by atoms with Gasteiger partial charge in [-0.3, -0.25) is 14.1 Å². The Kier molecular flexibility index (Phi) is 7.85. The standard InChI is InChI=1S/C22H25N3O6S/c1-3-31-22(27)18-11-12-19(23-16-5-4-6-17(13-16)30-2)20(18)24-21(26)14-7-9-15(10-8-14)25-32(28)29/h4-10,13,19,23,25H,3,11-12H2,1-2H3,(H,24,26)(H,28,29). The van der Waals surface area contributed by atoms with E-state index in [0.29, 0.717) is 41.1 Å². The highest BCUT2D eigenvalue weighted by atomic mass is 32.2. The molecule has 3 rings (SSSR count). The van der Waals surface area contributed by atoms with Gasteiger partial charge in [0.2, 0.25) is 0 Å². The van der Waals surface area contributed by atoms with E-state index in [1.807, 2.05) is 24.3 Å². The Labute approximate surface area is 188 Å². The maximum atomic E-state index is 12.9. The third-order valence-electron chi connectivity index (χ3n) is 4.89. The molecule has 2 atom stereocenters. The normalized spacial score (nSPS) is 16.3. The maximum Gasteiger partial charge on any atom is 0.335 e. The van der Waals surface area contributed by atoms with E-state index in [1.165, 1.54) is 24.3 Å². The molecule has 0 radical (unpaired) electrons. The molecule has 170 valence electrons. The van der Waals surface area contributed by atoms with Gasteiger partial charge in [-0.05, 0) is 56.2 Å². The molecule has 1 amide bonds. The van der Waals surface area contributed by atoms with Crippen LogP contribution in [0.3, 0.4) is 0 Å². The van der Waals surface area contributed by atoms with E-state index in [2.05, 4.69) is 15.4 Å². The predicted octanol–water partition coefficient (Wildman–Crippen LogP) is 3.07. The van der Waals surface area contributed by atoms with E-state index in [0.717, 1.165) is 5.69 Å². The Bertz CT molecular complexity index is 1040. The highest BCUT2D eigenvalue weighted by Gasteiger charge is 2.31. The molecule has 2 aromatic carbocycles. The molecule has 9 nitrogen and oxygen atoms in total. The Balaban J connectivity index is 1.82. The predicted molar refractivity (Wildman–Crippen MR) is 122 cm³/mol. The Morgan fingerprint density at radius 1 is 1.16 bits per heavy atom. The first-order chi connectivity index (χ1) is 15.4. The smallest absolute Gasteiger partial charge is 0.335 e. The summed E-state index contributed by atoms with van der Waals surface area (Å²) in [6, 6.07) is 13.2. The molecular formula is C22H25N3O6S. The fraction of sp³-hybridized carbons (Fsp3) is 0.273. The number of esters is 1. The SMILES string of the molecule is CCOC(=O)C1=C(NC(=O)c2ccc(NS(=O)O)cc2)C(Nc2cccc(OC)c2)CC1. The third-order valence-corrected chi connectivity index (χ3v) is 5.30. The van der Waals surface area contributed by atoms with Gasteiger partial charge in [0, 0.05) is 23.0 Å². The van der Waals surface area contributed by atoms with Gasteiger partial charge in [-0.15, -0.1) is 0 Å². The number of hydrogen-bond donors (Lipinski definition) is 4. The highest BCUT2D eigenvalue weighted by Crippen LogP contribution is 2.30. The Hall–Kier alpha value is -3.37. The van der Waals surface area contributed by atoms with E-state index in [4.69, 9.17) is 14.0 Å². The monoisotopic (exact) mass is 459 g/mol. The lowest BCUT2D eigenvalue weighted by molar-refractivity contribution is -0.138. The zero-order chi connectivity index (χ0) is 23.1. The molecule has 0 spiro atoms. The molecule has 0 saturated heterocycles. The first-order valence-corrected chi connectivity index (χ1v) is 11.1. The summed E-state index contributed by atoms with van der Waals surface area (Å²) in [5, 5.41) is 6.21. The van der Waals surface area contributed by atoms with Gasteiger partial charge in [-0.1, -0.05) is 6.07 Å². The van der Waals surface area contributed by atoms with Crippen LogP contribution in [0, 0.1) is 0 Å². The van der Waals surface area contributed by atoms with Crippen molar-refractivity contribution in [2.75, 3.05) is 23.8 Å². The lowest BCUT2D eigenvalue weighted by Crippen LogP contribution is -2.33. The van der Waals surface area contributed by atoms with Crippen LogP contribution in [0.25, 0.3) is 0 Å². The Morgan fingerprint density at radius 3 is 2.56 bits per heavy atom. The molecular weight excluding hydrogens is 434 g/mol. The van der Waals surface area contributed by atoms with Crippen LogP contribution in [-0.2, 0) is 20.8 Å². The molecule has 0 aliphatic heterocycles. The highest BCUT2D eigenvalue weighted by molar-refractivity contribution is 7.80. The van der Waals surface area contributed by atoms with Crippen LogP contribution in [0.1, 0.15) is 30.1 Å². The average molecular weight is 460 g/mol. The number of amides is 1. The number of carbonyl (C=O) groups excluding carboxylic acids is 2. The Morgan fingerprint density at radius 2 is 1.91 bits per heavy atom. The number of anilines is 2. The van der Waals surface area contributed by atoms with Crippen LogP contribution in [0.2, 0.25) is 0 Å². The lowest BCUT2D eigenvalue weighted by atomic mass is 10.1. The topological polar surface area (TPSA) is 126 Å². The van der Waals surface area contributed by atoms with E-state index in [9.17, 15) is 13.8 Å². The largest absolute Gasteiger partial charge is 0.497 e. The zero-order valence-electron chi connectivity index (χ0n) is 17.7. The molecule has 0 saturated carbocycles. The second kappa shape index (κ2) is 10.8. The fourth-order valence-corrected chi connectivity index (χ4v) is 3.75. The van der Waals surface area contributed by atoms with Gasteiger partial charge in [-0.2, -0.15) is 0 Å². The maximum absolute atomic E-state index is 12.9. The number of ether oxygens (including phenoxy) is 2. The minimum absolute atomic E-state index is 0.234. The first kappa shape index (κ1) is 23.3. The number of carbonyl (C=O) groups is 2. The van der Waals surface area contributed by atoms with Crippen molar-refractivity contribution in [3.8, 4) is 5.75 Å². The minimum Gasteiger partial charge on any atom is -0.497 e. The quantitative estimate of drug-likeness (QED) is 0.335. The molecule has 2 aromatic rings. The van der Waals surface area contributed by atoms with Gasteiger partial charge in [0.15, 0.2) is 0 Å². The number of hydrogen-bond acceptors (Lipinski definition) is 6. The average Bonchev–Trinajstić information content (AvgIpc) is 3.16. The van der Waals surface area contributed by atoms with Crippen LogP contribution in [0.15, 0.2) is 59.8 Å². The minimum atomic E-state index is -2.20. The third kappa shape index (κ3) is 5.86. The molecule has 10 heteroatoms. The summed E-state index contributed by atoms with van der Waals surface area (Å²) in [7, 11) is 1.58. The second-order valence-electron chi connectivity index (χ2n) is 6.96. The first-order valence-electron chi connectivity index (χ1n) is 10.0. The number of nitrogens with one attached hydrogen (secondary N) is 3. The van der Waals surface area contributed by atoms with Crippen molar-refractivity contribution in [3.63, 3.8) is 0 Å². The summed E-state index contributed by atoms with van der Waals surface area (Å²) in [5.74, 6) is -0.175. The molecule has 2 unspecified atom stereocenters. The molecule has 32 heavy (non-hydrogen) atoms. The van der Waals surface area contributed by atoms with E-state index in [-0.39, 0.29) is 12.6 Å². The molecule has 0 fully saturated rings. The van der Waals surface area contributed by atoms with Gasteiger partial charge in [0.25, 0.3) is 17.2 Å². The van der Waals surface area contributed by atoms with Gasteiger partial charge < -0.3 is 20.1 Å². The van der Waals surface area contributed by atoms with Gasteiger partial charge in [0.05, 0.1) is 31.0 Å². The van der Waals surface area contributed by atoms with Crippen LogP contribution in [0.4, 0.5) is 11.4 Å². The fourth-order valence-electron chi connectivity index (χ4n) is 3.41. The number of rotatable bonds is 9. The van der Waals surface area contributed by atoms with Crippen LogP contribution in [0.5, 0.6) is 5.75 Å². The summed E-state index contributed by atoms with van der Waals surface area (Å²) >= 11 is -2.20. The summed E-state index contributed by atoms with van der Waals surface area (Å²) < 4.78 is 32.5. The number of methoxy groups -OCH3 is 1. The van der Waals surface area contributed by atoms with Gasteiger partial charge >= 0.3 is 5.97 Å². The van der Waals surface area contributed by atoms with Crippen molar-refractivity contribution in [1.82, 2.24) is 5.32 Å². The second-order valence-corrected chi connectivity index (χ2v) is 7.67. The summed E-state index contributed by atoms with van der Waals surface area (Å²) in [6.07, 6.45) is 1.06. The van der Waals surface area contributed by atoms with E-state index >= 15 is 0 Å². The van der Waals surface area contributed by atoms with Crippen molar-refractivity contribution in [2.24, 2.45) is 0 Å². The summed E-state index contributed by atoms with van der Waals surface area (Å²) in [5.41, 5.74) is 2.41. The lowest BCUT2D eigenvalue weighted by Gasteiger charge is -2.20. The van der Waals surface area contributed by atoms with Crippen LogP contribution < -0.4 is 20.1 Å².